The van der Waals surface area contributed by atoms with Gasteiger partial charge in [-0.05, 0) is 72.9 Å². The lowest BCUT2D eigenvalue weighted by Gasteiger charge is -2.21. The number of H-pyrrole nitrogens is 1. The Morgan fingerprint density at radius 3 is 2.52 bits per heavy atom. The highest BCUT2D eigenvalue weighted by atomic mass is 16.2. The molecule has 7 heteroatoms. The van der Waals surface area contributed by atoms with Crippen LogP contribution in [0.3, 0.4) is 0 Å². The zero-order valence-electron chi connectivity index (χ0n) is 22.4. The van der Waals surface area contributed by atoms with Crippen molar-refractivity contribution in [1.82, 2.24) is 4.98 Å². The van der Waals surface area contributed by atoms with Crippen molar-refractivity contribution in [2.75, 3.05) is 16.3 Å². The summed E-state index contributed by atoms with van der Waals surface area (Å²) in [5.74, 6) is -0.390. The molecule has 3 heterocycles. The lowest BCUT2D eigenvalue weighted by atomic mass is 9.93. The Labute approximate surface area is 231 Å². The highest BCUT2D eigenvalue weighted by Crippen LogP contribution is 2.42. The minimum absolute atomic E-state index is 0.00394. The first kappa shape index (κ1) is 24.2. The van der Waals surface area contributed by atoms with Gasteiger partial charge in [0.05, 0.1) is 17.6 Å². The third-order valence-electron chi connectivity index (χ3n) is 8.34. The molecule has 1 aromatic heterocycles. The van der Waals surface area contributed by atoms with Gasteiger partial charge in [0.1, 0.15) is 0 Å². The molecule has 1 fully saturated rings. The van der Waals surface area contributed by atoms with Gasteiger partial charge in [0.2, 0.25) is 5.91 Å². The fraction of sp³-hybridized carbons (Fsp3) is 0.182. The standard InChI is InChI=1S/C33H28N4O3/c1-18-8-9-20-17-37(33(40)26(20)15-18)28-6-3-5-22(19(28)2)23-12-13-25(32(34)39)31-30(23)24-11-10-21(16-27(24)35-31)36-14-4-7-29(36)38/h3,5-6,8-13,15-16,35H,4,7,14,17H2,1-2H3,(H2,34,39). The summed E-state index contributed by atoms with van der Waals surface area (Å²) in [7, 11) is 0. The second kappa shape index (κ2) is 8.81. The van der Waals surface area contributed by atoms with Crippen LogP contribution in [0.15, 0.2) is 66.7 Å². The van der Waals surface area contributed by atoms with Crippen molar-refractivity contribution >= 4 is 50.9 Å². The molecule has 4 aromatic carbocycles. The number of nitrogens with zero attached hydrogens (tertiary/aromatic N) is 2. The van der Waals surface area contributed by atoms with Crippen LogP contribution < -0.4 is 15.5 Å². The van der Waals surface area contributed by atoms with Crippen LogP contribution in [0.1, 0.15) is 50.2 Å². The third kappa shape index (κ3) is 3.54. The van der Waals surface area contributed by atoms with E-state index in [1.54, 1.807) is 11.0 Å². The molecule has 7 rings (SSSR count). The number of fused-ring (bicyclic) bond motifs is 4. The Morgan fingerprint density at radius 2 is 1.75 bits per heavy atom. The van der Waals surface area contributed by atoms with Crippen LogP contribution in [0.2, 0.25) is 0 Å². The number of carbonyl (C=O) groups is 3. The van der Waals surface area contributed by atoms with Crippen molar-refractivity contribution < 1.29 is 14.4 Å². The van der Waals surface area contributed by atoms with Crippen LogP contribution in [0.4, 0.5) is 11.4 Å². The molecule has 5 aromatic rings. The Kier molecular flexibility index (Phi) is 5.32. The van der Waals surface area contributed by atoms with Crippen molar-refractivity contribution in [1.29, 1.82) is 0 Å². The summed E-state index contributed by atoms with van der Waals surface area (Å²) in [5, 5.41) is 1.82. The van der Waals surface area contributed by atoms with E-state index in [0.29, 0.717) is 30.6 Å². The topological polar surface area (TPSA) is 99.5 Å². The first-order valence-electron chi connectivity index (χ1n) is 13.5. The van der Waals surface area contributed by atoms with Gasteiger partial charge in [-0.1, -0.05) is 42.0 Å². The summed E-state index contributed by atoms with van der Waals surface area (Å²) >= 11 is 0. The second-order valence-electron chi connectivity index (χ2n) is 10.8. The smallest absolute Gasteiger partial charge is 0.258 e. The van der Waals surface area contributed by atoms with Gasteiger partial charge in [-0.15, -0.1) is 0 Å². The molecule has 0 spiro atoms. The van der Waals surface area contributed by atoms with Gasteiger partial charge in [0.15, 0.2) is 0 Å². The molecule has 3 N–H and O–H groups in total. The molecule has 1 saturated heterocycles. The van der Waals surface area contributed by atoms with Crippen LogP contribution in [0.25, 0.3) is 32.9 Å². The number of aryl methyl sites for hydroxylation is 1. The summed E-state index contributed by atoms with van der Waals surface area (Å²) in [6, 6.07) is 21.7. The van der Waals surface area contributed by atoms with E-state index in [-0.39, 0.29) is 11.8 Å². The molecule has 0 aliphatic carbocycles. The Morgan fingerprint density at radius 1 is 0.900 bits per heavy atom. The predicted octanol–water partition coefficient (Wildman–Crippen LogP) is 5.99. The molecule has 3 amide bonds. The normalized spacial score (nSPS) is 15.1. The number of anilines is 2. The Hall–Kier alpha value is -4.91. The minimum atomic E-state index is -0.515. The fourth-order valence-corrected chi connectivity index (χ4v) is 6.34. The number of rotatable bonds is 4. The van der Waals surface area contributed by atoms with Crippen molar-refractivity contribution in [2.24, 2.45) is 5.73 Å². The zero-order chi connectivity index (χ0) is 27.7. The lowest BCUT2D eigenvalue weighted by molar-refractivity contribution is -0.117. The van der Waals surface area contributed by atoms with Crippen LogP contribution in [0.5, 0.6) is 0 Å². The van der Waals surface area contributed by atoms with Crippen molar-refractivity contribution in [3.63, 3.8) is 0 Å². The lowest BCUT2D eigenvalue weighted by Crippen LogP contribution is -2.24. The molecule has 7 nitrogen and oxygen atoms in total. The molecular formula is C33H28N4O3. The molecule has 0 saturated carbocycles. The number of primary amides is 1. The van der Waals surface area contributed by atoms with Crippen molar-refractivity contribution in [3.8, 4) is 11.1 Å². The predicted molar refractivity (Wildman–Crippen MR) is 158 cm³/mol. The van der Waals surface area contributed by atoms with Crippen LogP contribution >= 0.6 is 0 Å². The molecule has 198 valence electrons. The van der Waals surface area contributed by atoms with Gasteiger partial charge in [0, 0.05) is 46.2 Å². The number of hydrogen-bond donors (Lipinski definition) is 2. The number of nitrogens with two attached hydrogens (primary N) is 1. The second-order valence-corrected chi connectivity index (χ2v) is 10.8. The monoisotopic (exact) mass is 528 g/mol. The largest absolute Gasteiger partial charge is 0.366 e. The minimum Gasteiger partial charge on any atom is -0.366 e. The van der Waals surface area contributed by atoms with Crippen LogP contribution in [-0.4, -0.2) is 29.3 Å². The number of amides is 3. The number of benzene rings is 4. The highest BCUT2D eigenvalue weighted by Gasteiger charge is 2.30. The molecular weight excluding hydrogens is 500 g/mol. The van der Waals surface area contributed by atoms with E-state index >= 15 is 0 Å². The van der Waals surface area contributed by atoms with Gasteiger partial charge in [-0.25, -0.2) is 0 Å². The summed E-state index contributed by atoms with van der Waals surface area (Å²) < 4.78 is 0. The Bertz CT molecular complexity index is 1920. The molecule has 40 heavy (non-hydrogen) atoms. The summed E-state index contributed by atoms with van der Waals surface area (Å²) in [6.45, 7) is 5.26. The van der Waals surface area contributed by atoms with E-state index < -0.39 is 5.91 Å². The summed E-state index contributed by atoms with van der Waals surface area (Å²) in [6.07, 6.45) is 1.40. The number of carbonyl (C=O) groups excluding carboxylic acids is 3. The van der Waals surface area contributed by atoms with Crippen molar-refractivity contribution in [3.05, 3.63) is 94.5 Å². The molecule has 0 radical (unpaired) electrons. The van der Waals surface area contributed by atoms with E-state index in [1.165, 1.54) is 0 Å². The van der Waals surface area contributed by atoms with Gasteiger partial charge < -0.3 is 20.5 Å². The average molecular weight is 529 g/mol. The third-order valence-corrected chi connectivity index (χ3v) is 8.34. The quantitative estimate of drug-likeness (QED) is 0.300. The first-order valence-corrected chi connectivity index (χ1v) is 13.5. The highest BCUT2D eigenvalue weighted by molar-refractivity contribution is 6.21. The van der Waals surface area contributed by atoms with Crippen LogP contribution in [0, 0.1) is 13.8 Å². The zero-order valence-corrected chi connectivity index (χ0v) is 22.4. The molecule has 0 bridgehead atoms. The van der Waals surface area contributed by atoms with Gasteiger partial charge in [-0.3, -0.25) is 14.4 Å². The maximum Gasteiger partial charge on any atom is 0.258 e. The Balaban J connectivity index is 1.40. The number of aromatic nitrogens is 1. The van der Waals surface area contributed by atoms with E-state index in [0.717, 1.165) is 67.5 Å². The van der Waals surface area contributed by atoms with Gasteiger partial charge in [0.25, 0.3) is 11.8 Å². The fourth-order valence-electron chi connectivity index (χ4n) is 6.34. The SMILES string of the molecule is Cc1ccc2c(c1)C(=O)N(c1cccc(-c3ccc(C(N)=O)c4[nH]c5cc(N6CCCC6=O)ccc5c34)c1C)C2. The maximum atomic E-state index is 13.4. The molecule has 2 aliphatic rings. The number of aromatic amines is 1. The average Bonchev–Trinajstić information content (AvgIpc) is 3.63. The number of hydrogen-bond acceptors (Lipinski definition) is 3. The van der Waals surface area contributed by atoms with Gasteiger partial charge >= 0.3 is 0 Å². The molecule has 2 aliphatic heterocycles. The molecule has 0 unspecified atom stereocenters. The van der Waals surface area contributed by atoms with E-state index in [1.807, 2.05) is 79.4 Å². The van der Waals surface area contributed by atoms with E-state index in [2.05, 4.69) is 4.98 Å². The maximum absolute atomic E-state index is 13.4. The number of nitrogens with one attached hydrogen (secondary N) is 1. The molecule has 0 atom stereocenters. The van der Waals surface area contributed by atoms with E-state index in [9.17, 15) is 14.4 Å². The van der Waals surface area contributed by atoms with Crippen LogP contribution in [-0.2, 0) is 11.3 Å². The summed E-state index contributed by atoms with van der Waals surface area (Å²) in [5.41, 5.74) is 15.1. The van der Waals surface area contributed by atoms with Gasteiger partial charge in [-0.2, -0.15) is 0 Å². The van der Waals surface area contributed by atoms with E-state index in [4.69, 9.17) is 5.73 Å². The summed E-state index contributed by atoms with van der Waals surface area (Å²) in [4.78, 5) is 45.3. The van der Waals surface area contributed by atoms with Crippen molar-refractivity contribution in [2.45, 2.75) is 33.2 Å². The first-order chi connectivity index (χ1) is 19.3.